The number of halogens is 1. The van der Waals surface area contributed by atoms with E-state index in [1.807, 2.05) is 42.3 Å². The summed E-state index contributed by atoms with van der Waals surface area (Å²) >= 11 is 0. The van der Waals surface area contributed by atoms with Gasteiger partial charge in [-0.2, -0.15) is 10.2 Å². The quantitative estimate of drug-likeness (QED) is 0.391. The number of hydrogen-bond acceptors (Lipinski definition) is 6. The summed E-state index contributed by atoms with van der Waals surface area (Å²) in [4.78, 5) is 26.5. The van der Waals surface area contributed by atoms with Gasteiger partial charge in [0.1, 0.15) is 23.7 Å². The Bertz CT molecular complexity index is 1540. The molecular formula is C26H23FN8O. The van der Waals surface area contributed by atoms with Crippen molar-refractivity contribution in [3.8, 4) is 16.9 Å². The van der Waals surface area contributed by atoms with Crippen LogP contribution in [-0.2, 0) is 7.05 Å². The molecule has 0 radical (unpaired) electrons. The topological polar surface area (TPSA) is 85.0 Å². The molecule has 1 amide bonds. The van der Waals surface area contributed by atoms with Crippen LogP contribution in [0.5, 0.6) is 0 Å². The molecule has 3 aromatic heterocycles. The Morgan fingerprint density at radius 1 is 0.944 bits per heavy atom. The monoisotopic (exact) mass is 482 g/mol. The Morgan fingerprint density at radius 3 is 2.44 bits per heavy atom. The molecule has 0 atom stereocenters. The zero-order chi connectivity index (χ0) is 24.6. The number of para-hydroxylation sites is 1. The Balaban J connectivity index is 1.28. The van der Waals surface area contributed by atoms with E-state index in [2.05, 4.69) is 20.0 Å². The lowest BCUT2D eigenvalue weighted by molar-refractivity contribution is 0.0747. The van der Waals surface area contributed by atoms with Crippen LogP contribution in [-0.4, -0.2) is 66.5 Å². The first kappa shape index (κ1) is 21.9. The summed E-state index contributed by atoms with van der Waals surface area (Å²) in [5, 5.41) is 9.89. The molecule has 9 nitrogen and oxygen atoms in total. The normalized spacial score (nSPS) is 13.9. The zero-order valence-electron chi connectivity index (χ0n) is 19.6. The fraction of sp³-hybridized carbons (Fsp3) is 0.192. The summed E-state index contributed by atoms with van der Waals surface area (Å²) in [6.45, 7) is 2.32. The second-order valence-corrected chi connectivity index (χ2v) is 8.66. The van der Waals surface area contributed by atoms with Gasteiger partial charge in [0.2, 0.25) is 0 Å². The maximum absolute atomic E-state index is 13.7. The summed E-state index contributed by atoms with van der Waals surface area (Å²) in [6.07, 6.45) is 5.07. The average molecular weight is 483 g/mol. The van der Waals surface area contributed by atoms with Crippen LogP contribution in [0.1, 0.15) is 10.4 Å². The van der Waals surface area contributed by atoms with Gasteiger partial charge >= 0.3 is 0 Å². The number of amides is 1. The molecule has 1 fully saturated rings. The summed E-state index contributed by atoms with van der Waals surface area (Å²) in [5.74, 6) is 0.382. The van der Waals surface area contributed by atoms with Gasteiger partial charge in [0, 0.05) is 45.0 Å². The van der Waals surface area contributed by atoms with E-state index < -0.39 is 0 Å². The van der Waals surface area contributed by atoms with Crippen molar-refractivity contribution >= 4 is 22.8 Å². The Morgan fingerprint density at radius 2 is 1.69 bits per heavy atom. The van der Waals surface area contributed by atoms with Crippen LogP contribution in [0.3, 0.4) is 0 Å². The summed E-state index contributed by atoms with van der Waals surface area (Å²) < 4.78 is 17.0. The molecule has 4 heterocycles. The number of benzene rings is 2. The Kier molecular flexibility index (Phi) is 5.40. The number of fused-ring (bicyclic) bond motifs is 1. The van der Waals surface area contributed by atoms with E-state index in [-0.39, 0.29) is 11.7 Å². The van der Waals surface area contributed by atoms with Gasteiger partial charge in [-0.05, 0) is 36.4 Å². The SMILES string of the molecule is Cn1ncc2c(N3CCN(C(=O)c4cn(-c5ccccc5)nc4-c4ccc(F)cc4)CC3)ncnc21. The molecule has 0 N–H and O–H groups in total. The number of nitrogens with zero attached hydrogens (tertiary/aromatic N) is 8. The number of carbonyl (C=O) groups excluding carboxylic acids is 1. The van der Waals surface area contributed by atoms with Crippen LogP contribution < -0.4 is 4.90 Å². The number of rotatable bonds is 4. The van der Waals surface area contributed by atoms with Gasteiger partial charge < -0.3 is 9.80 Å². The molecule has 0 bridgehead atoms. The molecule has 0 aliphatic carbocycles. The molecule has 2 aromatic carbocycles. The molecule has 1 aliphatic rings. The van der Waals surface area contributed by atoms with Crippen LogP contribution in [0, 0.1) is 5.82 Å². The minimum atomic E-state index is -0.335. The summed E-state index contributed by atoms with van der Waals surface area (Å²) in [7, 11) is 1.85. The standard InChI is InChI=1S/C26H23FN8O/c1-32-24-21(15-30-32)25(29-17-28-24)33-11-13-34(14-12-33)26(36)22-16-35(20-5-3-2-4-6-20)31-23(22)18-7-9-19(27)10-8-18/h2-10,15-17H,11-14H2,1H3. The number of aryl methyl sites for hydroxylation is 1. The van der Waals surface area contributed by atoms with E-state index in [1.54, 1.807) is 40.2 Å². The minimum absolute atomic E-state index is 0.106. The first-order valence-electron chi connectivity index (χ1n) is 11.7. The van der Waals surface area contributed by atoms with Crippen molar-refractivity contribution in [1.82, 2.24) is 34.4 Å². The average Bonchev–Trinajstić information content (AvgIpc) is 3.54. The molecule has 180 valence electrons. The third kappa shape index (κ3) is 3.86. The van der Waals surface area contributed by atoms with Gasteiger partial charge in [-0.25, -0.2) is 19.0 Å². The third-order valence-corrected chi connectivity index (χ3v) is 6.46. The number of hydrogen-bond donors (Lipinski definition) is 0. The predicted molar refractivity (Wildman–Crippen MR) is 133 cm³/mol. The molecule has 0 unspecified atom stereocenters. The number of anilines is 1. The number of aromatic nitrogens is 6. The Hall–Kier alpha value is -4.60. The minimum Gasteiger partial charge on any atom is -0.352 e. The van der Waals surface area contributed by atoms with Crippen molar-refractivity contribution in [2.75, 3.05) is 31.1 Å². The lowest BCUT2D eigenvalue weighted by Gasteiger charge is -2.35. The highest BCUT2D eigenvalue weighted by Crippen LogP contribution is 2.27. The molecule has 10 heteroatoms. The van der Waals surface area contributed by atoms with Crippen molar-refractivity contribution in [2.24, 2.45) is 7.05 Å². The fourth-order valence-corrected chi connectivity index (χ4v) is 4.56. The molecular weight excluding hydrogens is 459 g/mol. The second kappa shape index (κ2) is 8.88. The Labute approximate surface area is 206 Å². The highest BCUT2D eigenvalue weighted by molar-refractivity contribution is 6.00. The van der Waals surface area contributed by atoms with Crippen molar-refractivity contribution in [3.63, 3.8) is 0 Å². The van der Waals surface area contributed by atoms with Crippen LogP contribution in [0.15, 0.2) is 73.3 Å². The predicted octanol–water partition coefficient (Wildman–Crippen LogP) is 3.32. The summed E-state index contributed by atoms with van der Waals surface area (Å²) in [6, 6.07) is 15.7. The van der Waals surface area contributed by atoms with E-state index in [9.17, 15) is 9.18 Å². The molecule has 0 saturated carbocycles. The molecule has 1 saturated heterocycles. The molecule has 5 aromatic rings. The van der Waals surface area contributed by atoms with Gasteiger partial charge in [0.15, 0.2) is 5.65 Å². The van der Waals surface area contributed by atoms with Gasteiger partial charge in [0.25, 0.3) is 5.91 Å². The highest BCUT2D eigenvalue weighted by atomic mass is 19.1. The van der Waals surface area contributed by atoms with Crippen molar-refractivity contribution in [3.05, 3.63) is 84.7 Å². The van der Waals surface area contributed by atoms with Crippen molar-refractivity contribution < 1.29 is 9.18 Å². The highest BCUT2D eigenvalue weighted by Gasteiger charge is 2.28. The van der Waals surface area contributed by atoms with Crippen molar-refractivity contribution in [2.45, 2.75) is 0 Å². The second-order valence-electron chi connectivity index (χ2n) is 8.66. The van der Waals surface area contributed by atoms with Crippen molar-refractivity contribution in [1.29, 1.82) is 0 Å². The van der Waals surface area contributed by atoms with Crippen LogP contribution in [0.2, 0.25) is 0 Å². The largest absolute Gasteiger partial charge is 0.352 e. The van der Waals surface area contributed by atoms with Gasteiger partial charge in [-0.1, -0.05) is 18.2 Å². The first-order chi connectivity index (χ1) is 17.6. The molecule has 36 heavy (non-hydrogen) atoms. The van der Waals surface area contributed by atoms with E-state index in [0.29, 0.717) is 43.0 Å². The number of piperazine rings is 1. The fourth-order valence-electron chi connectivity index (χ4n) is 4.56. The van der Waals surface area contributed by atoms with Gasteiger partial charge in [-0.15, -0.1) is 0 Å². The van der Waals surface area contributed by atoms with Gasteiger partial charge in [0.05, 0.1) is 22.8 Å². The zero-order valence-corrected chi connectivity index (χ0v) is 19.6. The molecule has 0 spiro atoms. The lowest BCUT2D eigenvalue weighted by Crippen LogP contribution is -2.49. The third-order valence-electron chi connectivity index (χ3n) is 6.46. The molecule has 1 aliphatic heterocycles. The maximum atomic E-state index is 13.7. The van der Waals surface area contributed by atoms with E-state index in [0.717, 1.165) is 22.5 Å². The van der Waals surface area contributed by atoms with E-state index >= 15 is 0 Å². The lowest BCUT2D eigenvalue weighted by atomic mass is 10.1. The number of carbonyl (C=O) groups is 1. The van der Waals surface area contributed by atoms with Crippen LogP contribution in [0.4, 0.5) is 10.2 Å². The first-order valence-corrected chi connectivity index (χ1v) is 11.7. The van der Waals surface area contributed by atoms with Crippen LogP contribution in [0.25, 0.3) is 28.0 Å². The summed E-state index contributed by atoms with van der Waals surface area (Å²) in [5.41, 5.74) is 3.31. The van der Waals surface area contributed by atoms with E-state index in [4.69, 9.17) is 5.10 Å². The van der Waals surface area contributed by atoms with Crippen LogP contribution >= 0.6 is 0 Å². The maximum Gasteiger partial charge on any atom is 0.257 e. The van der Waals surface area contributed by atoms with E-state index in [1.165, 1.54) is 12.1 Å². The van der Waals surface area contributed by atoms with Gasteiger partial charge in [-0.3, -0.25) is 9.48 Å². The molecule has 6 rings (SSSR count). The smallest absolute Gasteiger partial charge is 0.257 e.